The average molecular weight is 180 g/mol. The lowest BCUT2D eigenvalue weighted by atomic mass is 9.90. The lowest BCUT2D eigenvalue weighted by Gasteiger charge is -2.22. The summed E-state index contributed by atoms with van der Waals surface area (Å²) < 4.78 is 0. The van der Waals surface area contributed by atoms with E-state index in [1.54, 1.807) is 19.9 Å². The Kier molecular flexibility index (Phi) is 2.35. The molecule has 1 aromatic carbocycles. The fraction of sp³-hybridized carbons (Fsp3) is 0.455. The van der Waals surface area contributed by atoms with Gasteiger partial charge in [-0.15, -0.1) is 0 Å². The van der Waals surface area contributed by atoms with Gasteiger partial charge in [-0.3, -0.25) is 0 Å². The number of rotatable bonds is 1. The van der Waals surface area contributed by atoms with Gasteiger partial charge in [-0.2, -0.15) is 0 Å². The van der Waals surface area contributed by atoms with Gasteiger partial charge in [0.15, 0.2) is 0 Å². The predicted molar refractivity (Wildman–Crippen MR) is 52.8 cm³/mol. The molecule has 0 fully saturated rings. The number of aryl methyl sites for hydroxylation is 1. The van der Waals surface area contributed by atoms with Gasteiger partial charge in [0.1, 0.15) is 5.75 Å². The molecule has 0 saturated carbocycles. The number of hydrogen-bond acceptors (Lipinski definition) is 2. The van der Waals surface area contributed by atoms with Gasteiger partial charge in [-0.1, -0.05) is 6.07 Å². The minimum Gasteiger partial charge on any atom is -0.508 e. The molecular weight excluding hydrogens is 164 g/mol. The second-order valence-electron chi connectivity index (χ2n) is 3.96. The van der Waals surface area contributed by atoms with Crippen LogP contribution in [0.1, 0.15) is 30.5 Å². The molecule has 1 aromatic rings. The van der Waals surface area contributed by atoms with Crippen molar-refractivity contribution < 1.29 is 10.2 Å². The van der Waals surface area contributed by atoms with E-state index in [4.69, 9.17) is 0 Å². The second kappa shape index (κ2) is 3.04. The molecule has 13 heavy (non-hydrogen) atoms. The maximum absolute atomic E-state index is 9.82. The van der Waals surface area contributed by atoms with Gasteiger partial charge >= 0.3 is 0 Å². The predicted octanol–water partition coefficient (Wildman–Crippen LogP) is 2.24. The van der Waals surface area contributed by atoms with Crippen molar-refractivity contribution in [2.75, 3.05) is 0 Å². The Bertz CT molecular complexity index is 322. The molecule has 72 valence electrons. The van der Waals surface area contributed by atoms with E-state index in [2.05, 4.69) is 0 Å². The molecule has 0 spiro atoms. The molecule has 0 aliphatic heterocycles. The van der Waals surface area contributed by atoms with E-state index >= 15 is 0 Å². The third-order valence-electron chi connectivity index (χ3n) is 2.33. The molecule has 0 heterocycles. The zero-order valence-electron chi connectivity index (χ0n) is 8.55. The highest BCUT2D eigenvalue weighted by Crippen LogP contribution is 2.33. The van der Waals surface area contributed by atoms with Crippen molar-refractivity contribution in [2.24, 2.45) is 0 Å². The van der Waals surface area contributed by atoms with E-state index in [9.17, 15) is 10.2 Å². The monoisotopic (exact) mass is 180 g/mol. The minimum atomic E-state index is -0.986. The summed E-state index contributed by atoms with van der Waals surface area (Å²) >= 11 is 0. The van der Waals surface area contributed by atoms with Crippen LogP contribution in [0.25, 0.3) is 0 Å². The van der Waals surface area contributed by atoms with Crippen LogP contribution in [-0.4, -0.2) is 10.2 Å². The lowest BCUT2D eigenvalue weighted by molar-refractivity contribution is 0.0750. The molecule has 2 nitrogen and oxygen atoms in total. The molecule has 0 atom stereocenters. The summed E-state index contributed by atoms with van der Waals surface area (Å²) in [4.78, 5) is 0. The Morgan fingerprint density at radius 1 is 1.15 bits per heavy atom. The molecule has 0 radical (unpaired) electrons. The molecule has 2 N–H and O–H groups in total. The average Bonchev–Trinajstić information content (AvgIpc) is 1.95. The van der Waals surface area contributed by atoms with Crippen LogP contribution in [0.15, 0.2) is 12.1 Å². The van der Waals surface area contributed by atoms with Crippen molar-refractivity contribution in [2.45, 2.75) is 33.3 Å². The Hall–Kier alpha value is -1.02. The van der Waals surface area contributed by atoms with Crippen LogP contribution in [0.2, 0.25) is 0 Å². The quantitative estimate of drug-likeness (QED) is 0.695. The van der Waals surface area contributed by atoms with Crippen LogP contribution in [0, 0.1) is 13.8 Å². The van der Waals surface area contributed by atoms with Crippen molar-refractivity contribution in [1.82, 2.24) is 0 Å². The van der Waals surface area contributed by atoms with Crippen LogP contribution in [0.3, 0.4) is 0 Å². The number of phenols is 1. The molecule has 0 unspecified atom stereocenters. The molecular formula is C11H16O2. The van der Waals surface area contributed by atoms with E-state index < -0.39 is 5.60 Å². The molecule has 1 rings (SSSR count). The summed E-state index contributed by atoms with van der Waals surface area (Å²) in [5, 5.41) is 19.4. The van der Waals surface area contributed by atoms with Gasteiger partial charge in [-0.05, 0) is 44.9 Å². The van der Waals surface area contributed by atoms with Crippen LogP contribution in [-0.2, 0) is 5.60 Å². The zero-order chi connectivity index (χ0) is 10.2. The smallest absolute Gasteiger partial charge is 0.121 e. The fourth-order valence-electron chi connectivity index (χ4n) is 1.57. The second-order valence-corrected chi connectivity index (χ2v) is 3.96. The number of benzene rings is 1. The number of hydrogen-bond donors (Lipinski definition) is 2. The summed E-state index contributed by atoms with van der Waals surface area (Å²) in [6.45, 7) is 7.22. The molecule has 2 heteroatoms. The van der Waals surface area contributed by atoms with Crippen LogP contribution in [0.4, 0.5) is 0 Å². The Balaban J connectivity index is 3.43. The number of aromatic hydroxyl groups is 1. The van der Waals surface area contributed by atoms with E-state index in [0.717, 1.165) is 11.1 Å². The van der Waals surface area contributed by atoms with Crippen molar-refractivity contribution in [1.29, 1.82) is 0 Å². The van der Waals surface area contributed by atoms with Crippen LogP contribution >= 0.6 is 0 Å². The van der Waals surface area contributed by atoms with Crippen molar-refractivity contribution >= 4 is 0 Å². The highest BCUT2D eigenvalue weighted by atomic mass is 16.3. The van der Waals surface area contributed by atoms with Gasteiger partial charge in [0.25, 0.3) is 0 Å². The van der Waals surface area contributed by atoms with Gasteiger partial charge in [0.2, 0.25) is 0 Å². The Labute approximate surface area is 78.8 Å². The molecule has 0 aromatic heterocycles. The lowest BCUT2D eigenvalue weighted by Crippen LogP contribution is -2.17. The fourth-order valence-corrected chi connectivity index (χ4v) is 1.57. The maximum atomic E-state index is 9.82. The normalized spacial score (nSPS) is 11.8. The standard InChI is InChI=1S/C11H16O2/c1-7-5-6-9(12)10(8(7)2)11(3,4)13/h5-6,12-13H,1-4H3. The Morgan fingerprint density at radius 2 is 1.69 bits per heavy atom. The number of aliphatic hydroxyl groups is 1. The largest absolute Gasteiger partial charge is 0.508 e. The first-order valence-corrected chi connectivity index (χ1v) is 4.36. The maximum Gasteiger partial charge on any atom is 0.121 e. The molecule has 0 aliphatic carbocycles. The molecule has 0 saturated heterocycles. The first kappa shape index (κ1) is 10.1. The summed E-state index contributed by atoms with van der Waals surface area (Å²) in [6.07, 6.45) is 0. The third-order valence-corrected chi connectivity index (χ3v) is 2.33. The zero-order valence-corrected chi connectivity index (χ0v) is 8.55. The minimum absolute atomic E-state index is 0.163. The summed E-state index contributed by atoms with van der Waals surface area (Å²) in [7, 11) is 0. The first-order valence-electron chi connectivity index (χ1n) is 4.36. The molecule has 0 amide bonds. The summed E-state index contributed by atoms with van der Waals surface area (Å²) in [5.74, 6) is 0.163. The Morgan fingerprint density at radius 3 is 2.08 bits per heavy atom. The third kappa shape index (κ3) is 1.83. The van der Waals surface area contributed by atoms with Crippen LogP contribution in [0.5, 0.6) is 5.75 Å². The number of phenolic OH excluding ortho intramolecular Hbond substituents is 1. The topological polar surface area (TPSA) is 40.5 Å². The SMILES string of the molecule is Cc1ccc(O)c(C(C)(C)O)c1C. The van der Waals surface area contributed by atoms with E-state index in [0.29, 0.717) is 5.56 Å². The van der Waals surface area contributed by atoms with Gasteiger partial charge in [0, 0.05) is 5.56 Å². The summed E-state index contributed by atoms with van der Waals surface area (Å²) in [5.41, 5.74) is 1.66. The van der Waals surface area contributed by atoms with Gasteiger partial charge < -0.3 is 10.2 Å². The molecule has 0 bridgehead atoms. The van der Waals surface area contributed by atoms with Crippen molar-refractivity contribution in [3.63, 3.8) is 0 Å². The molecule has 0 aliphatic rings. The highest BCUT2D eigenvalue weighted by molar-refractivity contribution is 5.46. The first-order chi connectivity index (χ1) is 5.84. The van der Waals surface area contributed by atoms with Gasteiger partial charge in [-0.25, -0.2) is 0 Å². The van der Waals surface area contributed by atoms with E-state index in [1.165, 1.54) is 0 Å². The van der Waals surface area contributed by atoms with Gasteiger partial charge in [0.05, 0.1) is 5.60 Å². The highest BCUT2D eigenvalue weighted by Gasteiger charge is 2.22. The van der Waals surface area contributed by atoms with Crippen LogP contribution < -0.4 is 0 Å². The van der Waals surface area contributed by atoms with Crippen molar-refractivity contribution in [3.8, 4) is 5.75 Å². The van der Waals surface area contributed by atoms with Crippen molar-refractivity contribution in [3.05, 3.63) is 28.8 Å². The summed E-state index contributed by atoms with van der Waals surface area (Å²) in [6, 6.07) is 3.47. The van der Waals surface area contributed by atoms with E-state index in [-0.39, 0.29) is 5.75 Å². The van der Waals surface area contributed by atoms with E-state index in [1.807, 2.05) is 19.9 Å².